The Kier molecular flexibility index (Phi) is 5.57. The smallest absolute Gasteiger partial charge is 0.325 e. The zero-order chi connectivity index (χ0) is 17.3. The number of urea groups is 1. The highest BCUT2D eigenvalue weighted by molar-refractivity contribution is 6.09. The number of imide groups is 1. The molecule has 3 rings (SSSR count). The Balaban J connectivity index is 0.00000225. The van der Waals surface area contributed by atoms with Gasteiger partial charge in [-0.25, -0.2) is 4.79 Å². The number of rotatable bonds is 6. The highest BCUT2D eigenvalue weighted by atomic mass is 35.5. The largest absolute Gasteiger partial charge is 0.399 e. The molecule has 2 aliphatic rings. The van der Waals surface area contributed by atoms with Gasteiger partial charge in [0.05, 0.1) is 0 Å². The summed E-state index contributed by atoms with van der Waals surface area (Å²) in [4.78, 5) is 37.5. The lowest BCUT2D eigenvalue weighted by Crippen LogP contribution is -2.47. The van der Waals surface area contributed by atoms with Crippen molar-refractivity contribution in [2.45, 2.75) is 31.7 Å². The van der Waals surface area contributed by atoms with Crippen LogP contribution in [-0.2, 0) is 16.0 Å². The SMILES string of the molecule is CC1(C2CC2)NC(=O)N(CC(=O)NCCc2ccc(N)cc2)C1=O.Cl. The highest BCUT2D eigenvalue weighted by Gasteiger charge is 2.56. The third-order valence-corrected chi connectivity index (χ3v) is 4.71. The Morgan fingerprint density at radius 1 is 1.32 bits per heavy atom. The molecule has 1 saturated carbocycles. The summed E-state index contributed by atoms with van der Waals surface area (Å²) in [6.45, 7) is 1.94. The number of hydrogen-bond donors (Lipinski definition) is 3. The number of carbonyl (C=O) groups excluding carboxylic acids is 3. The predicted octanol–water partition coefficient (Wildman–Crippen LogP) is 1.07. The fourth-order valence-electron chi connectivity index (χ4n) is 3.03. The van der Waals surface area contributed by atoms with Crippen LogP contribution in [0.15, 0.2) is 24.3 Å². The third kappa shape index (κ3) is 4.04. The van der Waals surface area contributed by atoms with Crippen molar-refractivity contribution in [1.82, 2.24) is 15.5 Å². The number of nitrogen functional groups attached to an aromatic ring is 1. The van der Waals surface area contributed by atoms with Crippen LogP contribution in [0, 0.1) is 5.92 Å². The second-order valence-electron chi connectivity index (χ2n) is 6.64. The molecule has 2 fully saturated rings. The third-order valence-electron chi connectivity index (χ3n) is 4.71. The molecule has 1 heterocycles. The molecule has 1 atom stereocenters. The highest BCUT2D eigenvalue weighted by Crippen LogP contribution is 2.42. The molecule has 4 N–H and O–H groups in total. The van der Waals surface area contributed by atoms with E-state index in [2.05, 4.69) is 10.6 Å². The van der Waals surface area contributed by atoms with Crippen molar-refractivity contribution < 1.29 is 14.4 Å². The van der Waals surface area contributed by atoms with Crippen LogP contribution in [0.2, 0.25) is 0 Å². The minimum absolute atomic E-state index is 0. The first-order valence-electron chi connectivity index (χ1n) is 8.15. The number of nitrogens with zero attached hydrogens (tertiary/aromatic N) is 1. The normalized spacial score (nSPS) is 22.4. The van der Waals surface area contributed by atoms with Crippen molar-refractivity contribution in [2.24, 2.45) is 5.92 Å². The van der Waals surface area contributed by atoms with Gasteiger partial charge in [-0.05, 0) is 49.8 Å². The topological polar surface area (TPSA) is 105 Å². The summed E-state index contributed by atoms with van der Waals surface area (Å²) in [7, 11) is 0. The zero-order valence-electron chi connectivity index (χ0n) is 14.1. The monoisotopic (exact) mass is 366 g/mol. The fourth-order valence-corrected chi connectivity index (χ4v) is 3.03. The molecule has 0 radical (unpaired) electrons. The quantitative estimate of drug-likeness (QED) is 0.517. The second kappa shape index (κ2) is 7.31. The van der Waals surface area contributed by atoms with Crippen LogP contribution in [-0.4, -0.2) is 41.4 Å². The minimum atomic E-state index is -0.846. The van der Waals surface area contributed by atoms with Gasteiger partial charge in [0.1, 0.15) is 12.1 Å². The average Bonchev–Trinajstić information content (AvgIpc) is 3.36. The first kappa shape index (κ1) is 19.1. The standard InChI is InChI=1S/C17H22N4O3.ClH/c1-17(12-4-5-12)15(23)21(16(24)20-17)10-14(22)19-9-8-11-2-6-13(18)7-3-11;/h2-3,6-7,12H,4-5,8-10,18H2,1H3,(H,19,22)(H,20,24);1H. The van der Waals surface area contributed by atoms with Crippen LogP contribution in [0.4, 0.5) is 10.5 Å². The summed E-state index contributed by atoms with van der Waals surface area (Å²) in [6, 6.07) is 6.94. The summed E-state index contributed by atoms with van der Waals surface area (Å²) >= 11 is 0. The van der Waals surface area contributed by atoms with Gasteiger partial charge in [0.15, 0.2) is 0 Å². The number of nitrogens with two attached hydrogens (primary N) is 1. The van der Waals surface area contributed by atoms with E-state index in [0.717, 1.165) is 23.3 Å². The van der Waals surface area contributed by atoms with E-state index in [-0.39, 0.29) is 36.7 Å². The number of carbonyl (C=O) groups is 3. The lowest BCUT2D eigenvalue weighted by Gasteiger charge is -2.20. The molecule has 1 aromatic carbocycles. The zero-order valence-corrected chi connectivity index (χ0v) is 14.9. The minimum Gasteiger partial charge on any atom is -0.399 e. The van der Waals surface area contributed by atoms with E-state index in [1.165, 1.54) is 0 Å². The number of halogens is 1. The van der Waals surface area contributed by atoms with Gasteiger partial charge in [-0.15, -0.1) is 12.4 Å². The predicted molar refractivity (Wildman–Crippen MR) is 96.2 cm³/mol. The Labute approximate surface area is 152 Å². The van der Waals surface area contributed by atoms with Gasteiger partial charge in [-0.3, -0.25) is 14.5 Å². The Morgan fingerprint density at radius 2 is 1.96 bits per heavy atom. The molecule has 25 heavy (non-hydrogen) atoms. The molecule has 1 saturated heterocycles. The fraction of sp³-hybridized carbons (Fsp3) is 0.471. The van der Waals surface area contributed by atoms with Crippen LogP contribution in [0.5, 0.6) is 0 Å². The molecule has 1 unspecified atom stereocenters. The van der Waals surface area contributed by atoms with Gasteiger partial charge in [-0.2, -0.15) is 0 Å². The van der Waals surface area contributed by atoms with Gasteiger partial charge in [0, 0.05) is 12.2 Å². The van der Waals surface area contributed by atoms with Crippen molar-refractivity contribution in [3.8, 4) is 0 Å². The molecule has 1 aromatic rings. The van der Waals surface area contributed by atoms with Crippen molar-refractivity contribution >= 4 is 35.9 Å². The molecule has 1 aliphatic carbocycles. The molecule has 1 aliphatic heterocycles. The molecule has 8 heteroatoms. The Bertz CT molecular complexity index is 675. The van der Waals surface area contributed by atoms with Gasteiger partial charge in [-0.1, -0.05) is 12.1 Å². The van der Waals surface area contributed by atoms with E-state index in [1.54, 1.807) is 6.92 Å². The first-order chi connectivity index (χ1) is 11.4. The maximum Gasteiger partial charge on any atom is 0.325 e. The van der Waals surface area contributed by atoms with Crippen molar-refractivity contribution in [2.75, 3.05) is 18.8 Å². The molecular formula is C17H23ClN4O3. The van der Waals surface area contributed by atoms with Crippen molar-refractivity contribution in [1.29, 1.82) is 0 Å². The Morgan fingerprint density at radius 3 is 2.56 bits per heavy atom. The molecular weight excluding hydrogens is 344 g/mol. The number of nitrogens with one attached hydrogen (secondary N) is 2. The summed E-state index contributed by atoms with van der Waals surface area (Å²) in [6.07, 6.45) is 2.53. The molecule has 4 amide bonds. The number of amides is 4. The first-order valence-corrected chi connectivity index (χ1v) is 8.15. The maximum absolute atomic E-state index is 12.4. The molecule has 0 aromatic heterocycles. The number of hydrogen-bond acceptors (Lipinski definition) is 4. The van der Waals surface area contributed by atoms with Crippen LogP contribution in [0.3, 0.4) is 0 Å². The average molecular weight is 367 g/mol. The van der Waals surface area contributed by atoms with Gasteiger partial charge >= 0.3 is 6.03 Å². The lowest BCUT2D eigenvalue weighted by molar-refractivity contribution is -0.135. The summed E-state index contributed by atoms with van der Waals surface area (Å²) in [5, 5.41) is 5.47. The van der Waals surface area contributed by atoms with Gasteiger partial charge in [0.2, 0.25) is 5.91 Å². The summed E-state index contributed by atoms with van der Waals surface area (Å²) in [5.41, 5.74) is 6.53. The summed E-state index contributed by atoms with van der Waals surface area (Å²) in [5.74, 6) is -0.454. The molecule has 0 spiro atoms. The van der Waals surface area contributed by atoms with Crippen LogP contribution < -0.4 is 16.4 Å². The van der Waals surface area contributed by atoms with Gasteiger partial charge in [0.25, 0.3) is 5.91 Å². The van der Waals surface area contributed by atoms with E-state index in [9.17, 15) is 14.4 Å². The molecule has 7 nitrogen and oxygen atoms in total. The van der Waals surface area contributed by atoms with Gasteiger partial charge < -0.3 is 16.4 Å². The number of benzene rings is 1. The molecule has 136 valence electrons. The van der Waals surface area contributed by atoms with E-state index in [1.807, 2.05) is 24.3 Å². The second-order valence-corrected chi connectivity index (χ2v) is 6.64. The summed E-state index contributed by atoms with van der Waals surface area (Å²) < 4.78 is 0. The van der Waals surface area contributed by atoms with Crippen LogP contribution in [0.1, 0.15) is 25.3 Å². The van der Waals surface area contributed by atoms with E-state index >= 15 is 0 Å². The maximum atomic E-state index is 12.4. The van der Waals surface area contributed by atoms with Crippen LogP contribution in [0.25, 0.3) is 0 Å². The Hall–Kier alpha value is -2.28. The van der Waals surface area contributed by atoms with E-state index in [4.69, 9.17) is 5.73 Å². The van der Waals surface area contributed by atoms with Crippen molar-refractivity contribution in [3.05, 3.63) is 29.8 Å². The lowest BCUT2D eigenvalue weighted by atomic mass is 9.96. The van der Waals surface area contributed by atoms with E-state index in [0.29, 0.717) is 18.7 Å². The van der Waals surface area contributed by atoms with Crippen molar-refractivity contribution in [3.63, 3.8) is 0 Å². The van der Waals surface area contributed by atoms with E-state index < -0.39 is 11.6 Å². The molecule has 0 bridgehead atoms. The van der Waals surface area contributed by atoms with Crippen LogP contribution >= 0.6 is 12.4 Å². The number of anilines is 1.